The summed E-state index contributed by atoms with van der Waals surface area (Å²) in [7, 11) is 0. The van der Waals surface area contributed by atoms with Crippen molar-refractivity contribution in [3.05, 3.63) is 65.3 Å². The molecular formula is C22H23N9. The van der Waals surface area contributed by atoms with E-state index in [1.165, 1.54) is 12.8 Å². The topological polar surface area (TPSA) is 81.4 Å². The van der Waals surface area contributed by atoms with Crippen LogP contribution in [0.15, 0.2) is 36.9 Å². The zero-order chi connectivity index (χ0) is 21.2. The van der Waals surface area contributed by atoms with Gasteiger partial charge in [0.25, 0.3) is 0 Å². The van der Waals surface area contributed by atoms with E-state index in [-0.39, 0.29) is 0 Å². The predicted octanol–water partition coefficient (Wildman–Crippen LogP) is 3.40. The second-order valence-electron chi connectivity index (χ2n) is 7.66. The van der Waals surface area contributed by atoms with E-state index in [2.05, 4.69) is 31.9 Å². The Bertz CT molecular complexity index is 1260. The molecule has 156 valence electrons. The highest BCUT2D eigenvalue weighted by Crippen LogP contribution is 2.25. The van der Waals surface area contributed by atoms with Crippen LogP contribution >= 0.6 is 0 Å². The molecular weight excluding hydrogens is 390 g/mol. The SMILES string of the molecule is [C-]#[N+]c1cccnc1-n1nccc1Cc1ncn2nc(N3CCCC3)nc2c1CCC. The molecule has 1 saturated heterocycles. The first-order valence-corrected chi connectivity index (χ1v) is 10.6. The monoisotopic (exact) mass is 413 g/mol. The van der Waals surface area contributed by atoms with Gasteiger partial charge in [0.1, 0.15) is 6.33 Å². The molecule has 0 aliphatic carbocycles. The summed E-state index contributed by atoms with van der Waals surface area (Å²) < 4.78 is 3.53. The molecule has 0 saturated carbocycles. The largest absolute Gasteiger partial charge is 0.340 e. The summed E-state index contributed by atoms with van der Waals surface area (Å²) in [6, 6.07) is 5.46. The summed E-state index contributed by atoms with van der Waals surface area (Å²) in [4.78, 5) is 19.8. The summed E-state index contributed by atoms with van der Waals surface area (Å²) in [5.41, 5.74) is 4.34. The number of aromatic nitrogens is 7. The molecule has 1 aliphatic rings. The molecule has 0 unspecified atom stereocenters. The average Bonchev–Trinajstić information content (AvgIpc) is 3.55. The third kappa shape index (κ3) is 3.50. The number of hydrogen-bond donors (Lipinski definition) is 0. The van der Waals surface area contributed by atoms with Crippen molar-refractivity contribution in [3.63, 3.8) is 0 Å². The normalized spacial score (nSPS) is 13.7. The molecule has 0 bridgehead atoms. The van der Waals surface area contributed by atoms with Crippen LogP contribution in [0.2, 0.25) is 0 Å². The summed E-state index contributed by atoms with van der Waals surface area (Å²) >= 11 is 0. The van der Waals surface area contributed by atoms with Gasteiger partial charge in [-0.25, -0.2) is 24.0 Å². The Hall–Kier alpha value is -3.80. The van der Waals surface area contributed by atoms with E-state index in [1.54, 1.807) is 40.1 Å². The van der Waals surface area contributed by atoms with Gasteiger partial charge in [0.05, 0.1) is 18.0 Å². The zero-order valence-corrected chi connectivity index (χ0v) is 17.4. The molecule has 5 rings (SSSR count). The standard InChI is InChI=1S/C22H23N9/c1-3-7-17-19(25-15-30-20(17)27-22(28-30)29-12-4-5-13-29)14-16-9-11-26-31(16)21-18(23-2)8-6-10-24-21/h6,8-11,15H,3-5,7,12-14H2,1H3. The molecule has 4 aromatic heterocycles. The Labute approximate surface area is 180 Å². The minimum absolute atomic E-state index is 0.470. The Morgan fingerprint density at radius 2 is 2.00 bits per heavy atom. The first-order valence-electron chi connectivity index (χ1n) is 10.6. The lowest BCUT2D eigenvalue weighted by atomic mass is 10.1. The lowest BCUT2D eigenvalue weighted by molar-refractivity contribution is 0.778. The summed E-state index contributed by atoms with van der Waals surface area (Å²) in [5.74, 6) is 1.32. The van der Waals surface area contributed by atoms with Gasteiger partial charge in [0, 0.05) is 37.5 Å². The van der Waals surface area contributed by atoms with E-state index >= 15 is 0 Å². The highest BCUT2D eigenvalue weighted by Gasteiger charge is 2.21. The van der Waals surface area contributed by atoms with Crippen molar-refractivity contribution in [2.24, 2.45) is 0 Å². The maximum absolute atomic E-state index is 7.44. The van der Waals surface area contributed by atoms with E-state index in [0.717, 1.165) is 54.5 Å². The summed E-state index contributed by atoms with van der Waals surface area (Å²) in [6.45, 7) is 11.6. The molecule has 9 heteroatoms. The van der Waals surface area contributed by atoms with Crippen LogP contribution in [0.25, 0.3) is 16.3 Å². The molecule has 31 heavy (non-hydrogen) atoms. The third-order valence-electron chi connectivity index (χ3n) is 5.61. The molecule has 0 aromatic carbocycles. The van der Waals surface area contributed by atoms with E-state index in [1.807, 2.05) is 6.07 Å². The summed E-state index contributed by atoms with van der Waals surface area (Å²) in [5, 5.41) is 9.10. The number of fused-ring (bicyclic) bond motifs is 1. The van der Waals surface area contributed by atoms with E-state index in [4.69, 9.17) is 16.5 Å². The molecule has 0 spiro atoms. The zero-order valence-electron chi connectivity index (χ0n) is 17.4. The first-order chi connectivity index (χ1) is 15.3. The van der Waals surface area contributed by atoms with Crippen molar-refractivity contribution in [1.82, 2.24) is 34.3 Å². The second-order valence-corrected chi connectivity index (χ2v) is 7.66. The molecule has 5 heterocycles. The van der Waals surface area contributed by atoms with Crippen LogP contribution in [0.5, 0.6) is 0 Å². The summed E-state index contributed by atoms with van der Waals surface area (Å²) in [6.07, 6.45) is 9.97. The van der Waals surface area contributed by atoms with Crippen LogP contribution in [0.3, 0.4) is 0 Å². The molecule has 9 nitrogen and oxygen atoms in total. The van der Waals surface area contributed by atoms with E-state index in [9.17, 15) is 0 Å². The minimum Gasteiger partial charge on any atom is -0.340 e. The minimum atomic E-state index is 0.470. The van der Waals surface area contributed by atoms with Gasteiger partial charge in [0.2, 0.25) is 11.6 Å². The number of aryl methyl sites for hydroxylation is 1. The van der Waals surface area contributed by atoms with E-state index < -0.39 is 0 Å². The van der Waals surface area contributed by atoms with Crippen molar-refractivity contribution in [1.29, 1.82) is 0 Å². The maximum atomic E-state index is 7.44. The number of anilines is 1. The Morgan fingerprint density at radius 1 is 1.13 bits per heavy atom. The Balaban J connectivity index is 1.55. The van der Waals surface area contributed by atoms with Gasteiger partial charge in [-0.2, -0.15) is 10.1 Å². The van der Waals surface area contributed by atoms with Crippen LogP contribution in [0.1, 0.15) is 43.1 Å². The highest BCUT2D eigenvalue weighted by atomic mass is 15.4. The van der Waals surface area contributed by atoms with Crippen molar-refractivity contribution in [3.8, 4) is 5.82 Å². The van der Waals surface area contributed by atoms with Gasteiger partial charge < -0.3 is 4.90 Å². The smallest absolute Gasteiger partial charge is 0.245 e. The predicted molar refractivity (Wildman–Crippen MR) is 117 cm³/mol. The van der Waals surface area contributed by atoms with Gasteiger partial charge >= 0.3 is 0 Å². The molecule has 0 radical (unpaired) electrons. The lowest BCUT2D eigenvalue weighted by Crippen LogP contribution is -2.19. The van der Waals surface area contributed by atoms with Crippen LogP contribution in [0, 0.1) is 6.57 Å². The molecule has 0 atom stereocenters. The fourth-order valence-electron chi connectivity index (χ4n) is 4.10. The van der Waals surface area contributed by atoms with Crippen LogP contribution < -0.4 is 4.90 Å². The van der Waals surface area contributed by atoms with Crippen LogP contribution in [-0.2, 0) is 12.8 Å². The van der Waals surface area contributed by atoms with Gasteiger partial charge in [-0.15, -0.1) is 5.10 Å². The van der Waals surface area contributed by atoms with Gasteiger partial charge in [-0.05, 0) is 25.3 Å². The second kappa shape index (κ2) is 8.14. The van der Waals surface area contributed by atoms with Gasteiger partial charge in [-0.3, -0.25) is 0 Å². The van der Waals surface area contributed by atoms with Crippen LogP contribution in [0.4, 0.5) is 11.6 Å². The molecule has 1 aliphatic heterocycles. The molecule has 1 fully saturated rings. The fraction of sp³-hybridized carbons (Fsp3) is 0.364. The average molecular weight is 413 g/mol. The molecule has 0 amide bonds. The van der Waals surface area contributed by atoms with Gasteiger partial charge in [-0.1, -0.05) is 25.5 Å². The lowest BCUT2D eigenvalue weighted by Gasteiger charge is -2.11. The maximum Gasteiger partial charge on any atom is 0.245 e. The quantitative estimate of drug-likeness (QED) is 0.451. The van der Waals surface area contributed by atoms with Gasteiger partial charge in [0.15, 0.2) is 11.5 Å². The fourth-order valence-corrected chi connectivity index (χ4v) is 4.10. The number of pyridine rings is 1. The Morgan fingerprint density at radius 3 is 2.81 bits per heavy atom. The van der Waals surface area contributed by atoms with Crippen LogP contribution in [-0.4, -0.2) is 47.4 Å². The number of nitrogens with zero attached hydrogens (tertiary/aromatic N) is 9. The van der Waals surface area contributed by atoms with Crippen molar-refractivity contribution < 1.29 is 0 Å². The Kier molecular flexibility index (Phi) is 5.04. The van der Waals surface area contributed by atoms with E-state index in [0.29, 0.717) is 17.9 Å². The number of rotatable bonds is 6. The third-order valence-corrected chi connectivity index (χ3v) is 5.61. The molecule has 0 N–H and O–H groups in total. The van der Waals surface area contributed by atoms with Crippen molar-refractivity contribution in [2.45, 2.75) is 39.0 Å². The first kappa shape index (κ1) is 19.2. The highest BCUT2D eigenvalue weighted by molar-refractivity contribution is 5.58. The molecule has 4 aromatic rings. The van der Waals surface area contributed by atoms with Crippen molar-refractivity contribution >= 4 is 17.3 Å². The van der Waals surface area contributed by atoms with Crippen molar-refractivity contribution in [2.75, 3.05) is 18.0 Å². The number of hydrogen-bond acceptors (Lipinski definition) is 6.